The van der Waals surface area contributed by atoms with Crippen molar-refractivity contribution in [2.24, 2.45) is 4.99 Å². The third kappa shape index (κ3) is 3.31. The van der Waals surface area contributed by atoms with E-state index in [0.717, 1.165) is 55.2 Å². The average Bonchev–Trinajstić information content (AvgIpc) is 2.78. The van der Waals surface area contributed by atoms with Crippen LogP contribution in [0.3, 0.4) is 0 Å². The summed E-state index contributed by atoms with van der Waals surface area (Å²) in [6.07, 6.45) is 2.30. The Bertz CT molecular complexity index is 844. The Morgan fingerprint density at radius 2 is 2.04 bits per heavy atom. The van der Waals surface area contributed by atoms with Crippen molar-refractivity contribution in [1.82, 2.24) is 10.2 Å². The molecule has 1 saturated heterocycles. The Morgan fingerprint density at radius 1 is 1.19 bits per heavy atom. The summed E-state index contributed by atoms with van der Waals surface area (Å²) in [6, 6.07) is 11.6. The summed E-state index contributed by atoms with van der Waals surface area (Å²) in [5, 5.41) is 7.04. The number of hydrogen-bond acceptors (Lipinski definition) is 4. The highest BCUT2D eigenvalue weighted by molar-refractivity contribution is 6.07. The number of nitrogens with zero attached hydrogens (tertiary/aromatic N) is 2. The summed E-state index contributed by atoms with van der Waals surface area (Å²) < 4.78 is 13.8. The van der Waals surface area contributed by atoms with Gasteiger partial charge < -0.3 is 15.5 Å². The van der Waals surface area contributed by atoms with Gasteiger partial charge in [0, 0.05) is 43.0 Å². The molecule has 0 amide bonds. The van der Waals surface area contributed by atoms with Crippen molar-refractivity contribution in [2.75, 3.05) is 25.0 Å². The summed E-state index contributed by atoms with van der Waals surface area (Å²) in [5.41, 5.74) is 4.78. The highest BCUT2D eigenvalue weighted by atomic mass is 19.1. The molecule has 2 aromatic rings. The van der Waals surface area contributed by atoms with Crippen LogP contribution in [0.5, 0.6) is 0 Å². The normalized spacial score (nSPS) is 19.1. The predicted octanol–water partition coefficient (Wildman–Crippen LogP) is 4.34. The van der Waals surface area contributed by atoms with Crippen molar-refractivity contribution in [2.45, 2.75) is 32.7 Å². The van der Waals surface area contributed by atoms with Crippen molar-refractivity contribution < 1.29 is 4.39 Å². The highest BCUT2D eigenvalue weighted by Gasteiger charge is 2.26. The molecule has 2 N–H and O–H groups in total. The second kappa shape index (κ2) is 7.08. The van der Waals surface area contributed by atoms with E-state index >= 15 is 0 Å². The van der Waals surface area contributed by atoms with E-state index in [2.05, 4.69) is 47.6 Å². The molecule has 0 aromatic heterocycles. The van der Waals surface area contributed by atoms with Crippen LogP contribution in [0, 0.1) is 12.7 Å². The van der Waals surface area contributed by atoms with Crippen LogP contribution in [0.4, 0.5) is 21.5 Å². The minimum Gasteiger partial charge on any atom is -0.353 e. The molecule has 0 unspecified atom stereocenters. The lowest BCUT2D eigenvalue weighted by molar-refractivity contribution is 0.281. The van der Waals surface area contributed by atoms with Crippen LogP contribution in [0.2, 0.25) is 0 Å². The van der Waals surface area contributed by atoms with Gasteiger partial charge in [-0.2, -0.15) is 0 Å². The van der Waals surface area contributed by atoms with E-state index in [9.17, 15) is 4.39 Å². The number of nitrogens with one attached hydrogen (secondary N) is 2. The second-order valence-corrected chi connectivity index (χ2v) is 7.16. The second-order valence-electron chi connectivity index (χ2n) is 7.16. The monoisotopic (exact) mass is 352 g/mol. The number of hydrogen-bond donors (Lipinski definition) is 2. The molecule has 2 aliphatic rings. The first-order valence-electron chi connectivity index (χ1n) is 9.38. The van der Waals surface area contributed by atoms with E-state index in [1.54, 1.807) is 6.07 Å². The highest BCUT2D eigenvalue weighted by Crippen LogP contribution is 2.35. The lowest BCUT2D eigenvalue weighted by atomic mass is 10.0. The largest absolute Gasteiger partial charge is 0.353 e. The number of rotatable bonds is 2. The number of aliphatic imine (C=N–C) groups is 1. The standard InChI is InChI=1S/C21H25FN4/c1-3-4-16-13-26(10-9-23-16)21-17-11-14(2)5-7-18(17)24-19-8-6-15(22)12-20(19)25-21/h5-8,11-12,16,23-24H,3-4,9-10,13H2,1-2H3/t16-/m0/s1. The van der Waals surface area contributed by atoms with Crippen molar-refractivity contribution >= 4 is 22.9 Å². The van der Waals surface area contributed by atoms with Crippen LogP contribution in [0.1, 0.15) is 30.9 Å². The van der Waals surface area contributed by atoms with Crippen LogP contribution in [0.15, 0.2) is 41.4 Å². The number of benzene rings is 2. The molecule has 0 aliphatic carbocycles. The molecule has 0 radical (unpaired) electrons. The zero-order valence-electron chi connectivity index (χ0n) is 15.3. The van der Waals surface area contributed by atoms with Crippen LogP contribution >= 0.6 is 0 Å². The summed E-state index contributed by atoms with van der Waals surface area (Å²) in [6.45, 7) is 7.06. The molecule has 26 heavy (non-hydrogen) atoms. The van der Waals surface area contributed by atoms with Gasteiger partial charge in [-0.05, 0) is 37.6 Å². The van der Waals surface area contributed by atoms with E-state index < -0.39 is 0 Å². The number of halogens is 1. The smallest absolute Gasteiger partial charge is 0.138 e. The molecule has 0 spiro atoms. The van der Waals surface area contributed by atoms with E-state index in [1.165, 1.54) is 17.7 Å². The zero-order chi connectivity index (χ0) is 18.1. The van der Waals surface area contributed by atoms with Gasteiger partial charge in [0.1, 0.15) is 11.7 Å². The molecule has 136 valence electrons. The third-order valence-corrected chi connectivity index (χ3v) is 5.06. The molecule has 0 saturated carbocycles. The van der Waals surface area contributed by atoms with E-state index in [0.29, 0.717) is 11.7 Å². The number of anilines is 2. The Balaban J connectivity index is 1.80. The maximum absolute atomic E-state index is 13.8. The zero-order valence-corrected chi connectivity index (χ0v) is 15.3. The molecule has 5 heteroatoms. The van der Waals surface area contributed by atoms with E-state index in [1.807, 2.05) is 0 Å². The summed E-state index contributed by atoms with van der Waals surface area (Å²) >= 11 is 0. The van der Waals surface area contributed by atoms with E-state index in [4.69, 9.17) is 4.99 Å². The molecule has 2 aliphatic heterocycles. The number of piperazine rings is 1. The van der Waals surface area contributed by atoms with Gasteiger partial charge in [-0.3, -0.25) is 0 Å². The van der Waals surface area contributed by atoms with Gasteiger partial charge in [-0.15, -0.1) is 0 Å². The van der Waals surface area contributed by atoms with Crippen LogP contribution in [0.25, 0.3) is 0 Å². The van der Waals surface area contributed by atoms with Gasteiger partial charge in [0.15, 0.2) is 0 Å². The van der Waals surface area contributed by atoms with Crippen LogP contribution in [-0.4, -0.2) is 36.4 Å². The van der Waals surface area contributed by atoms with Crippen LogP contribution in [-0.2, 0) is 0 Å². The molecule has 1 fully saturated rings. The maximum Gasteiger partial charge on any atom is 0.138 e. The molecular weight excluding hydrogens is 327 g/mol. The van der Waals surface area contributed by atoms with Gasteiger partial charge in [0.05, 0.1) is 11.4 Å². The molecule has 2 aromatic carbocycles. The Morgan fingerprint density at radius 3 is 2.88 bits per heavy atom. The van der Waals surface area contributed by atoms with Crippen molar-refractivity contribution in [3.05, 3.63) is 53.3 Å². The van der Waals surface area contributed by atoms with Gasteiger partial charge in [-0.1, -0.05) is 25.0 Å². The summed E-state index contributed by atoms with van der Waals surface area (Å²) in [5.74, 6) is 0.670. The minimum atomic E-state index is -0.264. The molecule has 1 atom stereocenters. The number of aryl methyl sites for hydroxylation is 1. The van der Waals surface area contributed by atoms with E-state index in [-0.39, 0.29) is 5.82 Å². The Labute approximate surface area is 154 Å². The first-order valence-corrected chi connectivity index (χ1v) is 9.38. The van der Waals surface area contributed by atoms with Gasteiger partial charge in [0.2, 0.25) is 0 Å². The fourth-order valence-corrected chi connectivity index (χ4v) is 3.78. The summed E-state index contributed by atoms with van der Waals surface area (Å²) in [7, 11) is 0. The molecule has 0 bridgehead atoms. The summed E-state index contributed by atoms with van der Waals surface area (Å²) in [4.78, 5) is 7.26. The first kappa shape index (κ1) is 17.0. The van der Waals surface area contributed by atoms with Crippen molar-refractivity contribution in [3.63, 3.8) is 0 Å². The number of amidine groups is 1. The molecule has 2 heterocycles. The molecule has 4 rings (SSSR count). The average molecular weight is 352 g/mol. The van der Waals surface area contributed by atoms with Gasteiger partial charge in [-0.25, -0.2) is 9.38 Å². The lowest BCUT2D eigenvalue weighted by Gasteiger charge is -2.36. The predicted molar refractivity (Wildman–Crippen MR) is 105 cm³/mol. The molecular formula is C21H25FN4. The topological polar surface area (TPSA) is 39.7 Å². The maximum atomic E-state index is 13.8. The fourth-order valence-electron chi connectivity index (χ4n) is 3.78. The Hall–Kier alpha value is -2.40. The molecule has 4 nitrogen and oxygen atoms in total. The third-order valence-electron chi connectivity index (χ3n) is 5.06. The first-order chi connectivity index (χ1) is 12.6. The minimum absolute atomic E-state index is 0.264. The SMILES string of the molecule is CCC[C@H]1CN(C2=Nc3cc(F)ccc3Nc3ccc(C)cc32)CCN1. The van der Waals surface area contributed by atoms with Crippen LogP contribution < -0.4 is 10.6 Å². The van der Waals surface area contributed by atoms with Crippen molar-refractivity contribution in [3.8, 4) is 0 Å². The quantitative estimate of drug-likeness (QED) is 0.844. The fraction of sp³-hybridized carbons (Fsp3) is 0.381. The van der Waals surface area contributed by atoms with Gasteiger partial charge in [0.25, 0.3) is 0 Å². The van der Waals surface area contributed by atoms with Gasteiger partial charge >= 0.3 is 0 Å². The Kier molecular flexibility index (Phi) is 4.64. The number of fused-ring (bicyclic) bond motifs is 2. The lowest BCUT2D eigenvalue weighted by Crippen LogP contribution is -2.52. The van der Waals surface area contributed by atoms with Crippen molar-refractivity contribution in [1.29, 1.82) is 0 Å².